The molecule has 2 heteroatoms. The minimum atomic E-state index is 0.242. The normalized spacial score (nSPS) is 17.2. The maximum absolute atomic E-state index is 5.64. The lowest BCUT2D eigenvalue weighted by Crippen LogP contribution is -2.20. The number of hydrogen-bond acceptors (Lipinski definition) is 2. The predicted molar refractivity (Wildman–Crippen MR) is 71.3 cm³/mol. The quantitative estimate of drug-likeness (QED) is 0.811. The van der Waals surface area contributed by atoms with Gasteiger partial charge in [0.2, 0.25) is 0 Å². The van der Waals surface area contributed by atoms with Gasteiger partial charge in [-0.25, -0.2) is 0 Å². The monoisotopic (exact) mass is 233 g/mol. The van der Waals surface area contributed by atoms with Crippen LogP contribution in [0.5, 0.6) is 5.75 Å². The molecule has 1 saturated carbocycles. The summed E-state index contributed by atoms with van der Waals surface area (Å²) in [6, 6.07) is 8.86. The Morgan fingerprint density at radius 1 is 1.18 bits per heavy atom. The van der Waals surface area contributed by atoms with E-state index in [1.165, 1.54) is 18.4 Å². The van der Waals surface area contributed by atoms with Gasteiger partial charge in [0.25, 0.3) is 0 Å². The van der Waals surface area contributed by atoms with Crippen molar-refractivity contribution in [2.45, 2.75) is 45.8 Å². The number of rotatable bonds is 6. The van der Waals surface area contributed by atoms with E-state index in [1.54, 1.807) is 0 Å². The molecule has 1 fully saturated rings. The topological polar surface area (TPSA) is 21.3 Å². The molecule has 0 bridgehead atoms. The lowest BCUT2D eigenvalue weighted by molar-refractivity contribution is 0.242. The van der Waals surface area contributed by atoms with Crippen LogP contribution in [-0.4, -0.2) is 12.6 Å². The summed E-state index contributed by atoms with van der Waals surface area (Å²) in [5.74, 6) is 1.89. The van der Waals surface area contributed by atoms with Gasteiger partial charge >= 0.3 is 0 Å². The van der Waals surface area contributed by atoms with Gasteiger partial charge in [0.05, 0.1) is 6.10 Å². The Morgan fingerprint density at radius 2 is 1.82 bits per heavy atom. The SMILES string of the molecule is CC(C)Oc1ccc(C(C)NCC2CC2)cc1. The van der Waals surface area contributed by atoms with Gasteiger partial charge in [0.15, 0.2) is 0 Å². The minimum Gasteiger partial charge on any atom is -0.491 e. The molecule has 0 aliphatic heterocycles. The molecule has 94 valence electrons. The van der Waals surface area contributed by atoms with Gasteiger partial charge in [-0.1, -0.05) is 12.1 Å². The first kappa shape index (κ1) is 12.4. The summed E-state index contributed by atoms with van der Waals surface area (Å²) >= 11 is 0. The van der Waals surface area contributed by atoms with Gasteiger partial charge < -0.3 is 10.1 Å². The molecule has 0 heterocycles. The first-order valence-corrected chi connectivity index (χ1v) is 6.65. The molecule has 0 radical (unpaired) electrons. The maximum atomic E-state index is 5.64. The first-order chi connectivity index (χ1) is 8.15. The van der Waals surface area contributed by atoms with Crippen LogP contribution in [0, 0.1) is 5.92 Å². The molecule has 1 N–H and O–H groups in total. The Bertz CT molecular complexity index is 340. The summed E-state index contributed by atoms with van der Waals surface area (Å²) < 4.78 is 5.64. The predicted octanol–water partition coefficient (Wildman–Crippen LogP) is 3.53. The van der Waals surface area contributed by atoms with E-state index in [9.17, 15) is 0 Å². The zero-order valence-corrected chi connectivity index (χ0v) is 11.1. The van der Waals surface area contributed by atoms with Gasteiger partial charge in [-0.05, 0) is 63.8 Å². The summed E-state index contributed by atoms with van der Waals surface area (Å²) in [4.78, 5) is 0. The van der Waals surface area contributed by atoms with Crippen molar-refractivity contribution in [3.8, 4) is 5.75 Å². The molecule has 1 aliphatic carbocycles. The van der Waals surface area contributed by atoms with Crippen LogP contribution in [0.2, 0.25) is 0 Å². The van der Waals surface area contributed by atoms with E-state index in [1.807, 2.05) is 13.8 Å². The zero-order chi connectivity index (χ0) is 12.3. The molecule has 1 unspecified atom stereocenters. The molecule has 1 aromatic carbocycles. The van der Waals surface area contributed by atoms with E-state index in [2.05, 4.69) is 36.5 Å². The number of hydrogen-bond donors (Lipinski definition) is 1. The van der Waals surface area contributed by atoms with Crippen molar-refractivity contribution in [1.82, 2.24) is 5.32 Å². The summed E-state index contributed by atoms with van der Waals surface area (Å²) in [5.41, 5.74) is 1.33. The van der Waals surface area contributed by atoms with Crippen LogP contribution in [0.1, 0.15) is 45.2 Å². The molecular formula is C15H23NO. The van der Waals surface area contributed by atoms with Crippen LogP contribution >= 0.6 is 0 Å². The largest absolute Gasteiger partial charge is 0.491 e. The van der Waals surface area contributed by atoms with Crippen molar-refractivity contribution in [3.05, 3.63) is 29.8 Å². The Morgan fingerprint density at radius 3 is 2.35 bits per heavy atom. The van der Waals surface area contributed by atoms with Crippen molar-refractivity contribution >= 4 is 0 Å². The van der Waals surface area contributed by atoms with Gasteiger partial charge in [0.1, 0.15) is 5.75 Å². The highest BCUT2D eigenvalue weighted by molar-refractivity contribution is 5.29. The number of benzene rings is 1. The smallest absolute Gasteiger partial charge is 0.119 e. The van der Waals surface area contributed by atoms with Gasteiger partial charge in [-0.15, -0.1) is 0 Å². The molecule has 2 nitrogen and oxygen atoms in total. The molecule has 1 atom stereocenters. The van der Waals surface area contributed by atoms with Crippen LogP contribution in [0.15, 0.2) is 24.3 Å². The Balaban J connectivity index is 1.86. The molecule has 17 heavy (non-hydrogen) atoms. The third-order valence-electron chi connectivity index (χ3n) is 3.16. The average Bonchev–Trinajstić information content (AvgIpc) is 3.10. The second-order valence-electron chi connectivity index (χ2n) is 5.31. The van der Waals surface area contributed by atoms with E-state index < -0.39 is 0 Å². The van der Waals surface area contributed by atoms with Crippen LogP contribution < -0.4 is 10.1 Å². The summed E-state index contributed by atoms with van der Waals surface area (Å²) in [7, 11) is 0. The van der Waals surface area contributed by atoms with Crippen molar-refractivity contribution in [3.63, 3.8) is 0 Å². The summed E-state index contributed by atoms with van der Waals surface area (Å²) in [6.45, 7) is 7.48. The summed E-state index contributed by atoms with van der Waals surface area (Å²) in [5, 5.41) is 3.58. The van der Waals surface area contributed by atoms with Crippen molar-refractivity contribution in [1.29, 1.82) is 0 Å². The molecular weight excluding hydrogens is 210 g/mol. The van der Waals surface area contributed by atoms with Crippen molar-refractivity contribution in [2.24, 2.45) is 5.92 Å². The average molecular weight is 233 g/mol. The standard InChI is InChI=1S/C15H23NO/c1-11(2)17-15-8-6-14(7-9-15)12(3)16-10-13-4-5-13/h6-9,11-13,16H,4-5,10H2,1-3H3. The third-order valence-corrected chi connectivity index (χ3v) is 3.16. The van der Waals surface area contributed by atoms with Gasteiger partial charge in [0, 0.05) is 6.04 Å². The molecule has 1 aliphatic rings. The minimum absolute atomic E-state index is 0.242. The Labute approximate surface area is 104 Å². The fraction of sp³-hybridized carbons (Fsp3) is 0.600. The lowest BCUT2D eigenvalue weighted by atomic mass is 10.1. The molecule has 2 rings (SSSR count). The fourth-order valence-electron chi connectivity index (χ4n) is 1.89. The highest BCUT2D eigenvalue weighted by Crippen LogP contribution is 2.28. The lowest BCUT2D eigenvalue weighted by Gasteiger charge is -2.15. The Hall–Kier alpha value is -1.02. The van der Waals surface area contributed by atoms with Crippen molar-refractivity contribution in [2.75, 3.05) is 6.54 Å². The van der Waals surface area contributed by atoms with Crippen molar-refractivity contribution < 1.29 is 4.74 Å². The maximum Gasteiger partial charge on any atom is 0.119 e. The third kappa shape index (κ3) is 4.04. The molecule has 0 amide bonds. The Kier molecular flexibility index (Phi) is 4.06. The second kappa shape index (κ2) is 5.54. The van der Waals surface area contributed by atoms with E-state index in [-0.39, 0.29) is 6.10 Å². The van der Waals surface area contributed by atoms with E-state index in [0.29, 0.717) is 6.04 Å². The van der Waals surface area contributed by atoms with Crippen LogP contribution in [0.3, 0.4) is 0 Å². The van der Waals surface area contributed by atoms with E-state index in [0.717, 1.165) is 18.2 Å². The van der Waals surface area contributed by atoms with Gasteiger partial charge in [-0.3, -0.25) is 0 Å². The molecule has 0 saturated heterocycles. The van der Waals surface area contributed by atoms with E-state index in [4.69, 9.17) is 4.74 Å². The van der Waals surface area contributed by atoms with Crippen LogP contribution in [-0.2, 0) is 0 Å². The summed E-state index contributed by atoms with van der Waals surface area (Å²) in [6.07, 6.45) is 3.05. The fourth-order valence-corrected chi connectivity index (χ4v) is 1.89. The molecule has 0 spiro atoms. The zero-order valence-electron chi connectivity index (χ0n) is 11.1. The van der Waals surface area contributed by atoms with E-state index >= 15 is 0 Å². The molecule has 0 aromatic heterocycles. The highest BCUT2D eigenvalue weighted by Gasteiger charge is 2.21. The first-order valence-electron chi connectivity index (χ1n) is 6.65. The number of ether oxygens (including phenoxy) is 1. The highest BCUT2D eigenvalue weighted by atomic mass is 16.5. The number of nitrogens with one attached hydrogen (secondary N) is 1. The van der Waals surface area contributed by atoms with Crippen LogP contribution in [0.25, 0.3) is 0 Å². The van der Waals surface area contributed by atoms with Gasteiger partial charge in [-0.2, -0.15) is 0 Å². The second-order valence-corrected chi connectivity index (χ2v) is 5.31. The molecule has 1 aromatic rings. The van der Waals surface area contributed by atoms with Crippen LogP contribution in [0.4, 0.5) is 0 Å².